The van der Waals surface area contributed by atoms with Crippen LogP contribution in [0.3, 0.4) is 0 Å². The second-order valence-corrected chi connectivity index (χ2v) is 6.14. The molecule has 0 N–H and O–H groups in total. The predicted octanol–water partition coefficient (Wildman–Crippen LogP) is 4.99. The highest BCUT2D eigenvalue weighted by molar-refractivity contribution is 7.16. The first kappa shape index (κ1) is 12.4. The molecule has 1 rings (SSSR count). The minimum atomic E-state index is 0.227. The van der Waals surface area contributed by atoms with Crippen molar-refractivity contribution in [2.24, 2.45) is 5.41 Å². The number of hydrogen-bond donors (Lipinski definition) is 0. The third kappa shape index (κ3) is 3.45. The fourth-order valence-corrected chi connectivity index (χ4v) is 3.21. The van der Waals surface area contributed by atoms with Gasteiger partial charge in [-0.05, 0) is 30.4 Å². The van der Waals surface area contributed by atoms with Crippen LogP contribution >= 0.6 is 34.5 Å². The molecule has 3 heteroatoms. The van der Waals surface area contributed by atoms with E-state index in [4.69, 9.17) is 23.2 Å². The van der Waals surface area contributed by atoms with Crippen molar-refractivity contribution in [1.29, 1.82) is 0 Å². The Labute approximate surface area is 100 Å². The molecule has 0 fully saturated rings. The van der Waals surface area contributed by atoms with Gasteiger partial charge in [0.05, 0.1) is 4.34 Å². The van der Waals surface area contributed by atoms with Gasteiger partial charge in [0.1, 0.15) is 0 Å². The Morgan fingerprint density at radius 1 is 1.43 bits per heavy atom. The van der Waals surface area contributed by atoms with Crippen LogP contribution in [0.1, 0.15) is 31.6 Å². The average Bonchev–Trinajstić information content (AvgIpc) is 2.51. The van der Waals surface area contributed by atoms with Crippen LogP contribution in [0.25, 0.3) is 0 Å². The third-order valence-electron chi connectivity index (χ3n) is 2.41. The molecule has 1 unspecified atom stereocenters. The van der Waals surface area contributed by atoms with Crippen LogP contribution in [0.4, 0.5) is 0 Å². The van der Waals surface area contributed by atoms with Gasteiger partial charge < -0.3 is 0 Å². The first-order valence-corrected chi connectivity index (χ1v) is 6.63. The Hall–Kier alpha value is 0.280. The van der Waals surface area contributed by atoms with Crippen LogP contribution in [0, 0.1) is 5.41 Å². The van der Waals surface area contributed by atoms with E-state index in [-0.39, 0.29) is 5.41 Å². The summed E-state index contributed by atoms with van der Waals surface area (Å²) in [7, 11) is 0. The van der Waals surface area contributed by atoms with E-state index in [1.54, 1.807) is 11.3 Å². The molecule has 1 aromatic rings. The summed E-state index contributed by atoms with van der Waals surface area (Å²) in [5.41, 5.74) is 0.227. The molecule has 0 saturated carbocycles. The largest absolute Gasteiger partial charge is 0.128 e. The van der Waals surface area contributed by atoms with Gasteiger partial charge in [0.15, 0.2) is 0 Å². The topological polar surface area (TPSA) is 0 Å². The molecule has 0 aliphatic carbocycles. The lowest BCUT2D eigenvalue weighted by atomic mass is 9.84. The van der Waals surface area contributed by atoms with Gasteiger partial charge in [-0.3, -0.25) is 0 Å². The molecule has 80 valence electrons. The number of rotatable bonds is 5. The zero-order valence-corrected chi connectivity index (χ0v) is 11.0. The summed E-state index contributed by atoms with van der Waals surface area (Å²) in [6, 6.07) is 4.07. The summed E-state index contributed by atoms with van der Waals surface area (Å²) in [5.74, 6) is 0.719. The number of alkyl halides is 1. The Morgan fingerprint density at radius 2 is 2.14 bits per heavy atom. The highest BCUT2D eigenvalue weighted by Gasteiger charge is 2.23. The molecule has 0 aromatic carbocycles. The van der Waals surface area contributed by atoms with Gasteiger partial charge in [0.2, 0.25) is 0 Å². The van der Waals surface area contributed by atoms with Crippen molar-refractivity contribution in [2.75, 3.05) is 5.88 Å². The molecule has 0 bridgehead atoms. The Bertz CT molecular complexity index is 283. The second kappa shape index (κ2) is 5.39. The highest BCUT2D eigenvalue weighted by Crippen LogP contribution is 2.33. The van der Waals surface area contributed by atoms with Crippen molar-refractivity contribution < 1.29 is 0 Å². The van der Waals surface area contributed by atoms with Crippen LogP contribution < -0.4 is 0 Å². The van der Waals surface area contributed by atoms with Gasteiger partial charge in [-0.1, -0.05) is 31.9 Å². The summed E-state index contributed by atoms with van der Waals surface area (Å²) < 4.78 is 0.869. The summed E-state index contributed by atoms with van der Waals surface area (Å²) in [6.45, 7) is 4.45. The van der Waals surface area contributed by atoms with Crippen LogP contribution in [0.5, 0.6) is 0 Å². The van der Waals surface area contributed by atoms with E-state index < -0.39 is 0 Å². The van der Waals surface area contributed by atoms with Gasteiger partial charge in [-0.2, -0.15) is 0 Å². The molecule has 0 aliphatic heterocycles. The molecule has 0 amide bonds. The summed E-state index contributed by atoms with van der Waals surface area (Å²) >= 11 is 13.6. The number of hydrogen-bond acceptors (Lipinski definition) is 1. The zero-order valence-electron chi connectivity index (χ0n) is 8.65. The average molecular weight is 251 g/mol. The van der Waals surface area contributed by atoms with Crippen molar-refractivity contribution in [3.05, 3.63) is 21.3 Å². The van der Waals surface area contributed by atoms with Crippen LogP contribution in [-0.4, -0.2) is 5.88 Å². The molecule has 0 aliphatic rings. The van der Waals surface area contributed by atoms with Crippen molar-refractivity contribution >= 4 is 34.5 Å². The maximum absolute atomic E-state index is 6.02. The molecule has 0 nitrogen and oxygen atoms in total. The Kier molecular flexibility index (Phi) is 4.75. The predicted molar refractivity (Wildman–Crippen MR) is 66.8 cm³/mol. The molecule has 1 atom stereocenters. The first-order chi connectivity index (χ1) is 6.59. The molecular weight excluding hydrogens is 235 g/mol. The SMILES string of the molecule is CCCC(C)(CCl)Cc1ccc(Cl)s1. The summed E-state index contributed by atoms with van der Waals surface area (Å²) in [5, 5.41) is 0. The van der Waals surface area contributed by atoms with Gasteiger partial charge in [-0.25, -0.2) is 0 Å². The summed E-state index contributed by atoms with van der Waals surface area (Å²) in [4.78, 5) is 1.34. The van der Waals surface area contributed by atoms with E-state index in [2.05, 4.69) is 19.9 Å². The van der Waals surface area contributed by atoms with Gasteiger partial charge in [-0.15, -0.1) is 22.9 Å². The van der Waals surface area contributed by atoms with Crippen LogP contribution in [0.2, 0.25) is 4.34 Å². The van der Waals surface area contributed by atoms with Crippen LogP contribution in [-0.2, 0) is 6.42 Å². The third-order valence-corrected chi connectivity index (χ3v) is 4.28. The molecule has 1 heterocycles. The highest BCUT2D eigenvalue weighted by atomic mass is 35.5. The second-order valence-electron chi connectivity index (χ2n) is 4.08. The quantitative estimate of drug-likeness (QED) is 0.647. The fraction of sp³-hybridized carbons (Fsp3) is 0.636. The monoisotopic (exact) mass is 250 g/mol. The van der Waals surface area contributed by atoms with E-state index in [0.29, 0.717) is 0 Å². The van der Waals surface area contributed by atoms with E-state index >= 15 is 0 Å². The fourth-order valence-electron chi connectivity index (χ4n) is 1.67. The molecule has 1 aromatic heterocycles. The first-order valence-electron chi connectivity index (χ1n) is 4.90. The van der Waals surface area contributed by atoms with Crippen molar-refractivity contribution in [3.63, 3.8) is 0 Å². The Balaban J connectivity index is 2.64. The van der Waals surface area contributed by atoms with Crippen LogP contribution in [0.15, 0.2) is 12.1 Å². The number of thiophene rings is 1. The lowest BCUT2D eigenvalue weighted by Crippen LogP contribution is -2.20. The summed E-state index contributed by atoms with van der Waals surface area (Å²) in [6.07, 6.45) is 3.40. The van der Waals surface area contributed by atoms with E-state index in [1.807, 2.05) is 6.07 Å². The molecule has 0 radical (unpaired) electrons. The van der Waals surface area contributed by atoms with Crippen molar-refractivity contribution in [1.82, 2.24) is 0 Å². The van der Waals surface area contributed by atoms with Gasteiger partial charge in [0.25, 0.3) is 0 Å². The smallest absolute Gasteiger partial charge is 0.0931 e. The lowest BCUT2D eigenvalue weighted by Gasteiger charge is -2.25. The number of halogens is 2. The molecule has 0 saturated heterocycles. The van der Waals surface area contributed by atoms with Gasteiger partial charge in [0, 0.05) is 10.8 Å². The zero-order chi connectivity index (χ0) is 10.6. The van der Waals surface area contributed by atoms with E-state index in [0.717, 1.165) is 16.6 Å². The minimum absolute atomic E-state index is 0.227. The maximum atomic E-state index is 6.02. The Morgan fingerprint density at radius 3 is 2.57 bits per heavy atom. The van der Waals surface area contributed by atoms with E-state index in [9.17, 15) is 0 Å². The van der Waals surface area contributed by atoms with E-state index in [1.165, 1.54) is 17.7 Å². The van der Waals surface area contributed by atoms with Gasteiger partial charge >= 0.3 is 0 Å². The molecular formula is C11H16Cl2S. The minimum Gasteiger partial charge on any atom is -0.128 e. The molecule has 0 spiro atoms. The normalized spacial score (nSPS) is 15.4. The van der Waals surface area contributed by atoms with Crippen molar-refractivity contribution in [2.45, 2.75) is 33.1 Å². The standard InChI is InChI=1S/C11H16Cl2S/c1-3-6-11(2,8-12)7-9-4-5-10(13)14-9/h4-5H,3,6-8H2,1-2H3. The lowest BCUT2D eigenvalue weighted by molar-refractivity contribution is 0.337. The maximum Gasteiger partial charge on any atom is 0.0931 e. The molecule has 14 heavy (non-hydrogen) atoms. The van der Waals surface area contributed by atoms with Crippen molar-refractivity contribution in [3.8, 4) is 0 Å².